The molecule has 0 unspecified atom stereocenters. The number of nitrogens with one attached hydrogen (secondary N) is 1. The molecule has 1 heterocycles. The van der Waals surface area contributed by atoms with Crippen molar-refractivity contribution in [2.75, 3.05) is 0 Å². The fraction of sp³-hybridized carbons (Fsp3) is 0.167. The van der Waals surface area contributed by atoms with Crippen LogP contribution in [0.15, 0.2) is 42.6 Å². The van der Waals surface area contributed by atoms with Crippen LogP contribution in [0.5, 0.6) is 0 Å². The average Bonchev–Trinajstić information content (AvgIpc) is 3.06. The molecule has 1 aromatic heterocycles. The molecule has 0 bridgehead atoms. The third-order valence-electron chi connectivity index (χ3n) is 3.94. The number of hydrogen-bond acceptors (Lipinski definition) is 3. The SMILES string of the molecule is Cc1ccc(-n2cc(C(=O)NCc3ccc(F)cc3F)nn2)cc1C. The molecule has 3 aromatic rings. The Balaban J connectivity index is 1.71. The summed E-state index contributed by atoms with van der Waals surface area (Å²) in [4.78, 5) is 12.1. The van der Waals surface area contributed by atoms with Crippen molar-refractivity contribution in [3.05, 3.63) is 76.6 Å². The van der Waals surface area contributed by atoms with Crippen molar-refractivity contribution in [3.63, 3.8) is 0 Å². The third kappa shape index (κ3) is 3.71. The topological polar surface area (TPSA) is 59.8 Å². The Morgan fingerprint density at radius 2 is 1.92 bits per heavy atom. The molecular formula is C18H16F2N4O. The molecule has 0 atom stereocenters. The molecule has 0 aliphatic carbocycles. The summed E-state index contributed by atoms with van der Waals surface area (Å²) in [5, 5.41) is 10.3. The molecule has 0 saturated heterocycles. The number of aryl methyl sites for hydroxylation is 2. The van der Waals surface area contributed by atoms with Crippen molar-refractivity contribution in [1.82, 2.24) is 20.3 Å². The molecule has 1 N–H and O–H groups in total. The van der Waals surface area contributed by atoms with Crippen molar-refractivity contribution in [2.45, 2.75) is 20.4 Å². The van der Waals surface area contributed by atoms with Gasteiger partial charge in [-0.05, 0) is 43.2 Å². The molecule has 0 fully saturated rings. The Morgan fingerprint density at radius 1 is 1.12 bits per heavy atom. The molecule has 0 aliphatic rings. The first-order valence-corrected chi connectivity index (χ1v) is 7.66. The lowest BCUT2D eigenvalue weighted by molar-refractivity contribution is 0.0945. The minimum atomic E-state index is -0.709. The fourth-order valence-corrected chi connectivity index (χ4v) is 2.29. The van der Waals surface area contributed by atoms with Crippen LogP contribution in [0.4, 0.5) is 8.78 Å². The van der Waals surface area contributed by atoms with Crippen LogP contribution in [0.3, 0.4) is 0 Å². The lowest BCUT2D eigenvalue weighted by Gasteiger charge is -2.05. The molecule has 7 heteroatoms. The zero-order valence-corrected chi connectivity index (χ0v) is 13.8. The standard InChI is InChI=1S/C18H16F2N4O/c1-11-3-6-15(7-12(11)2)24-10-17(22-23-24)18(25)21-9-13-4-5-14(19)8-16(13)20/h3-8,10H,9H2,1-2H3,(H,21,25). The predicted molar refractivity (Wildman–Crippen MR) is 88.4 cm³/mol. The van der Waals surface area contributed by atoms with Crippen molar-refractivity contribution >= 4 is 5.91 Å². The lowest BCUT2D eigenvalue weighted by Crippen LogP contribution is -2.23. The van der Waals surface area contributed by atoms with E-state index in [9.17, 15) is 13.6 Å². The Kier molecular flexibility index (Phi) is 4.56. The summed E-state index contributed by atoms with van der Waals surface area (Å²) in [6, 6.07) is 8.99. The van der Waals surface area contributed by atoms with Gasteiger partial charge in [0.2, 0.25) is 0 Å². The van der Waals surface area contributed by atoms with Gasteiger partial charge in [0.05, 0.1) is 11.9 Å². The summed E-state index contributed by atoms with van der Waals surface area (Å²) in [6.07, 6.45) is 1.50. The Labute approximate surface area is 143 Å². The number of halogens is 2. The van der Waals surface area contributed by atoms with Crippen LogP contribution in [0.25, 0.3) is 5.69 Å². The van der Waals surface area contributed by atoms with E-state index in [1.54, 1.807) is 0 Å². The van der Waals surface area contributed by atoms with Gasteiger partial charge in [0.15, 0.2) is 5.69 Å². The van der Waals surface area contributed by atoms with Gasteiger partial charge >= 0.3 is 0 Å². The van der Waals surface area contributed by atoms with E-state index in [0.717, 1.165) is 28.9 Å². The first-order chi connectivity index (χ1) is 11.9. The Hall–Kier alpha value is -3.09. The van der Waals surface area contributed by atoms with Gasteiger partial charge in [-0.3, -0.25) is 4.79 Å². The molecular weight excluding hydrogens is 326 g/mol. The summed E-state index contributed by atoms with van der Waals surface area (Å²) in [7, 11) is 0. The van der Waals surface area contributed by atoms with Crippen LogP contribution in [0, 0.1) is 25.5 Å². The number of benzene rings is 2. The molecule has 2 aromatic carbocycles. The normalized spacial score (nSPS) is 10.7. The summed E-state index contributed by atoms with van der Waals surface area (Å²) in [5.41, 5.74) is 3.35. The number of carbonyl (C=O) groups is 1. The zero-order valence-electron chi connectivity index (χ0n) is 13.8. The molecule has 25 heavy (non-hydrogen) atoms. The van der Waals surface area contributed by atoms with E-state index in [1.807, 2.05) is 32.0 Å². The highest BCUT2D eigenvalue weighted by Crippen LogP contribution is 2.13. The predicted octanol–water partition coefficient (Wildman–Crippen LogP) is 3.09. The van der Waals surface area contributed by atoms with E-state index in [1.165, 1.54) is 16.9 Å². The van der Waals surface area contributed by atoms with E-state index in [4.69, 9.17) is 0 Å². The van der Waals surface area contributed by atoms with Gasteiger partial charge in [-0.1, -0.05) is 17.3 Å². The Bertz CT molecular complexity index is 937. The lowest BCUT2D eigenvalue weighted by atomic mass is 10.1. The number of nitrogens with zero attached hydrogens (tertiary/aromatic N) is 3. The fourth-order valence-electron chi connectivity index (χ4n) is 2.29. The van der Waals surface area contributed by atoms with Crippen molar-refractivity contribution < 1.29 is 13.6 Å². The molecule has 0 spiro atoms. The average molecular weight is 342 g/mol. The summed E-state index contributed by atoms with van der Waals surface area (Å²) >= 11 is 0. The van der Waals surface area contributed by atoms with Gasteiger partial charge < -0.3 is 5.32 Å². The van der Waals surface area contributed by atoms with Crippen molar-refractivity contribution in [2.24, 2.45) is 0 Å². The number of hydrogen-bond donors (Lipinski definition) is 1. The van der Waals surface area contributed by atoms with Crippen LogP contribution in [-0.4, -0.2) is 20.9 Å². The number of carbonyl (C=O) groups excluding carboxylic acids is 1. The van der Waals surface area contributed by atoms with E-state index >= 15 is 0 Å². The smallest absolute Gasteiger partial charge is 0.273 e. The Morgan fingerprint density at radius 3 is 2.64 bits per heavy atom. The molecule has 1 amide bonds. The maximum atomic E-state index is 13.6. The molecule has 0 aliphatic heterocycles. The highest BCUT2D eigenvalue weighted by molar-refractivity contribution is 5.91. The monoisotopic (exact) mass is 342 g/mol. The van der Waals surface area contributed by atoms with E-state index in [-0.39, 0.29) is 17.8 Å². The van der Waals surface area contributed by atoms with Gasteiger partial charge in [0, 0.05) is 18.2 Å². The van der Waals surface area contributed by atoms with Gasteiger partial charge in [-0.2, -0.15) is 0 Å². The summed E-state index contributed by atoms with van der Waals surface area (Å²) in [5.74, 6) is -1.86. The van der Waals surface area contributed by atoms with Gasteiger partial charge in [-0.25, -0.2) is 13.5 Å². The quantitative estimate of drug-likeness (QED) is 0.793. The zero-order chi connectivity index (χ0) is 18.0. The molecule has 0 saturated carbocycles. The number of aromatic nitrogens is 3. The first kappa shape index (κ1) is 16.8. The van der Waals surface area contributed by atoms with Crippen LogP contribution in [-0.2, 0) is 6.54 Å². The van der Waals surface area contributed by atoms with Gasteiger partial charge in [0.25, 0.3) is 5.91 Å². The van der Waals surface area contributed by atoms with E-state index in [0.29, 0.717) is 0 Å². The molecule has 128 valence electrons. The largest absolute Gasteiger partial charge is 0.346 e. The van der Waals surface area contributed by atoms with Crippen molar-refractivity contribution in [1.29, 1.82) is 0 Å². The highest BCUT2D eigenvalue weighted by Gasteiger charge is 2.13. The second kappa shape index (κ2) is 6.80. The first-order valence-electron chi connectivity index (χ1n) is 7.66. The molecule has 0 radical (unpaired) electrons. The third-order valence-corrected chi connectivity index (χ3v) is 3.94. The second-order valence-corrected chi connectivity index (χ2v) is 5.74. The molecule has 5 nitrogen and oxygen atoms in total. The number of amides is 1. The van der Waals surface area contributed by atoms with Crippen LogP contribution < -0.4 is 5.32 Å². The minimum absolute atomic E-state index is 0.0680. The maximum Gasteiger partial charge on any atom is 0.273 e. The van der Waals surface area contributed by atoms with Crippen LogP contribution in [0.1, 0.15) is 27.2 Å². The summed E-state index contributed by atoms with van der Waals surface area (Å²) < 4.78 is 28.0. The van der Waals surface area contributed by atoms with Crippen molar-refractivity contribution in [3.8, 4) is 5.69 Å². The minimum Gasteiger partial charge on any atom is -0.346 e. The van der Waals surface area contributed by atoms with E-state index in [2.05, 4.69) is 15.6 Å². The number of rotatable bonds is 4. The second-order valence-electron chi connectivity index (χ2n) is 5.74. The highest BCUT2D eigenvalue weighted by atomic mass is 19.1. The molecule has 3 rings (SSSR count). The van der Waals surface area contributed by atoms with E-state index < -0.39 is 17.5 Å². The van der Waals surface area contributed by atoms with Crippen LogP contribution in [0.2, 0.25) is 0 Å². The maximum absolute atomic E-state index is 13.6. The van der Waals surface area contributed by atoms with Gasteiger partial charge in [-0.15, -0.1) is 5.10 Å². The van der Waals surface area contributed by atoms with Gasteiger partial charge in [0.1, 0.15) is 11.6 Å². The summed E-state index contributed by atoms with van der Waals surface area (Å²) in [6.45, 7) is 3.93. The van der Waals surface area contributed by atoms with Crippen LogP contribution >= 0.6 is 0 Å².